The van der Waals surface area contributed by atoms with E-state index in [0.29, 0.717) is 0 Å². The number of ether oxygens (including phenoxy) is 2. The molecule has 104 valence electrons. The number of rotatable bonds is 1. The highest BCUT2D eigenvalue weighted by atomic mass is 35.6. The summed E-state index contributed by atoms with van der Waals surface area (Å²) in [7, 11) is 0. The highest BCUT2D eigenvalue weighted by molar-refractivity contribution is 6.68. The molecular weight excluding hydrogens is 310 g/mol. The third-order valence-corrected chi connectivity index (χ3v) is 3.56. The lowest BCUT2D eigenvalue weighted by molar-refractivity contribution is -0.246. The van der Waals surface area contributed by atoms with Gasteiger partial charge in [-0.2, -0.15) is 0 Å². The van der Waals surface area contributed by atoms with Crippen LogP contribution in [0, 0.1) is 5.41 Å². The van der Waals surface area contributed by atoms with Crippen molar-refractivity contribution in [1.82, 2.24) is 0 Å². The molecule has 1 aromatic rings. The predicted octanol–water partition coefficient (Wildman–Crippen LogP) is 4.02. The Labute approximate surface area is 126 Å². The van der Waals surface area contributed by atoms with Gasteiger partial charge in [0.15, 0.2) is 0 Å². The minimum absolute atomic E-state index is 0.455. The van der Waals surface area contributed by atoms with Crippen LogP contribution in [0.5, 0.6) is 0 Å². The molecule has 0 N–H and O–H groups in total. The minimum atomic E-state index is -1.82. The smallest absolute Gasteiger partial charge is 0.316 e. The molecule has 0 spiro atoms. The number of hydrogen-bond donors (Lipinski definition) is 0. The van der Waals surface area contributed by atoms with Crippen LogP contribution in [0.2, 0.25) is 0 Å². The summed E-state index contributed by atoms with van der Waals surface area (Å²) in [6, 6.07) is 9.32. The Morgan fingerprint density at radius 3 is 2.26 bits per heavy atom. The van der Waals surface area contributed by atoms with Gasteiger partial charge in [-0.1, -0.05) is 65.1 Å². The van der Waals surface area contributed by atoms with Crippen LogP contribution in [0.25, 0.3) is 0 Å². The molecular formula is C13H13Cl3O3. The molecule has 0 aromatic heterocycles. The second kappa shape index (κ2) is 5.13. The van der Waals surface area contributed by atoms with Gasteiger partial charge in [-0.3, -0.25) is 4.79 Å². The van der Waals surface area contributed by atoms with Crippen LogP contribution < -0.4 is 0 Å². The number of esters is 1. The molecule has 0 unspecified atom stereocenters. The average Bonchev–Trinajstić information content (AvgIpc) is 2.32. The molecule has 1 fully saturated rings. The molecule has 2 atom stereocenters. The molecule has 1 aromatic carbocycles. The van der Waals surface area contributed by atoms with E-state index in [-0.39, 0.29) is 0 Å². The summed E-state index contributed by atoms with van der Waals surface area (Å²) < 4.78 is 8.92. The monoisotopic (exact) mass is 322 g/mol. The van der Waals surface area contributed by atoms with Gasteiger partial charge in [0, 0.05) is 0 Å². The van der Waals surface area contributed by atoms with Crippen LogP contribution in [-0.4, -0.2) is 16.1 Å². The fourth-order valence-electron chi connectivity index (χ4n) is 1.94. The highest BCUT2D eigenvalue weighted by Gasteiger charge is 2.52. The Balaban J connectivity index is 2.36. The van der Waals surface area contributed by atoms with Crippen molar-refractivity contribution < 1.29 is 14.3 Å². The first-order valence-corrected chi connectivity index (χ1v) is 6.84. The van der Waals surface area contributed by atoms with Crippen molar-refractivity contribution in [2.75, 3.05) is 0 Å². The van der Waals surface area contributed by atoms with Gasteiger partial charge in [-0.15, -0.1) is 0 Å². The van der Waals surface area contributed by atoms with E-state index in [2.05, 4.69) is 0 Å². The second-order valence-corrected chi connectivity index (χ2v) is 7.30. The Morgan fingerprint density at radius 1 is 1.16 bits per heavy atom. The van der Waals surface area contributed by atoms with Crippen LogP contribution in [0.1, 0.15) is 25.5 Å². The molecule has 1 heterocycles. The summed E-state index contributed by atoms with van der Waals surface area (Å²) in [6.07, 6.45) is -1.75. The quantitative estimate of drug-likeness (QED) is 0.578. The SMILES string of the molecule is CC1(C)C(=O)O[C@H](C(Cl)(Cl)Cl)O[C@@H]1c1ccccc1. The first kappa shape index (κ1) is 14.9. The lowest BCUT2D eigenvalue weighted by Crippen LogP contribution is -2.49. The number of alkyl halides is 3. The Morgan fingerprint density at radius 2 is 1.74 bits per heavy atom. The number of halogens is 3. The number of benzene rings is 1. The van der Waals surface area contributed by atoms with Crippen LogP contribution in [0.15, 0.2) is 30.3 Å². The van der Waals surface area contributed by atoms with E-state index in [1.807, 2.05) is 30.3 Å². The molecule has 19 heavy (non-hydrogen) atoms. The van der Waals surface area contributed by atoms with Crippen LogP contribution >= 0.6 is 34.8 Å². The number of hydrogen-bond acceptors (Lipinski definition) is 3. The molecule has 6 heteroatoms. The molecule has 1 aliphatic rings. The normalized spacial score (nSPS) is 26.9. The van der Waals surface area contributed by atoms with E-state index >= 15 is 0 Å². The number of carbonyl (C=O) groups is 1. The Hall–Kier alpha value is -0.480. The van der Waals surface area contributed by atoms with Crippen molar-refractivity contribution in [2.24, 2.45) is 5.41 Å². The Kier molecular flexibility index (Phi) is 4.03. The summed E-state index contributed by atoms with van der Waals surface area (Å²) >= 11 is 17.3. The summed E-state index contributed by atoms with van der Waals surface area (Å²) in [5.74, 6) is -0.455. The van der Waals surface area contributed by atoms with E-state index in [1.165, 1.54) is 0 Å². The van der Waals surface area contributed by atoms with E-state index in [4.69, 9.17) is 44.3 Å². The van der Waals surface area contributed by atoms with E-state index in [9.17, 15) is 4.79 Å². The van der Waals surface area contributed by atoms with Gasteiger partial charge >= 0.3 is 5.97 Å². The maximum Gasteiger partial charge on any atom is 0.316 e. The summed E-state index contributed by atoms with van der Waals surface area (Å²) in [4.78, 5) is 12.1. The largest absolute Gasteiger partial charge is 0.430 e. The van der Waals surface area contributed by atoms with Gasteiger partial charge in [0.05, 0.1) is 5.41 Å². The second-order valence-electron chi connectivity index (χ2n) is 4.93. The number of carbonyl (C=O) groups excluding carboxylic acids is 1. The van der Waals surface area contributed by atoms with Gasteiger partial charge in [0.2, 0.25) is 0 Å². The molecule has 0 aliphatic carbocycles. The molecule has 1 aliphatic heterocycles. The zero-order valence-electron chi connectivity index (χ0n) is 10.4. The molecule has 0 saturated carbocycles. The molecule has 2 rings (SSSR count). The Bertz CT molecular complexity index is 468. The van der Waals surface area contributed by atoms with E-state index in [0.717, 1.165) is 5.56 Å². The summed E-state index contributed by atoms with van der Waals surface area (Å²) in [5.41, 5.74) is -0.0169. The lowest BCUT2D eigenvalue weighted by Gasteiger charge is -2.42. The van der Waals surface area contributed by atoms with Crippen molar-refractivity contribution in [1.29, 1.82) is 0 Å². The first-order chi connectivity index (χ1) is 8.73. The summed E-state index contributed by atoms with van der Waals surface area (Å²) in [5, 5.41) is 0. The highest BCUT2D eigenvalue weighted by Crippen LogP contribution is 2.47. The van der Waals surface area contributed by atoms with Crippen molar-refractivity contribution in [3.63, 3.8) is 0 Å². The molecule has 0 bridgehead atoms. The third-order valence-electron chi connectivity index (χ3n) is 3.02. The van der Waals surface area contributed by atoms with E-state index in [1.54, 1.807) is 13.8 Å². The zero-order valence-corrected chi connectivity index (χ0v) is 12.7. The van der Waals surface area contributed by atoms with Gasteiger partial charge in [0.25, 0.3) is 10.1 Å². The van der Waals surface area contributed by atoms with Crippen molar-refractivity contribution >= 4 is 40.8 Å². The lowest BCUT2D eigenvalue weighted by atomic mass is 9.82. The van der Waals surface area contributed by atoms with Crippen molar-refractivity contribution in [2.45, 2.75) is 30.0 Å². The van der Waals surface area contributed by atoms with Gasteiger partial charge < -0.3 is 9.47 Å². The fourth-order valence-corrected chi connectivity index (χ4v) is 2.23. The third kappa shape index (κ3) is 3.00. The molecule has 3 nitrogen and oxygen atoms in total. The van der Waals surface area contributed by atoms with Crippen molar-refractivity contribution in [3.8, 4) is 0 Å². The maximum absolute atomic E-state index is 12.1. The molecule has 0 radical (unpaired) electrons. The van der Waals surface area contributed by atoms with Crippen molar-refractivity contribution in [3.05, 3.63) is 35.9 Å². The standard InChI is InChI=1S/C13H13Cl3O3/c1-12(2)9(8-6-4-3-5-7-8)18-11(13(14,15)16)19-10(12)17/h3-7,9,11H,1-2H3/t9-,11-/m1/s1. The van der Waals surface area contributed by atoms with E-state index < -0.39 is 27.6 Å². The topological polar surface area (TPSA) is 35.5 Å². The van der Waals surface area contributed by atoms with Crippen LogP contribution in [0.4, 0.5) is 0 Å². The first-order valence-electron chi connectivity index (χ1n) is 5.71. The minimum Gasteiger partial charge on any atom is -0.430 e. The number of cyclic esters (lactones) is 1. The van der Waals surface area contributed by atoms with Crippen LogP contribution in [-0.2, 0) is 14.3 Å². The maximum atomic E-state index is 12.1. The summed E-state index contributed by atoms with van der Waals surface area (Å²) in [6.45, 7) is 3.48. The fraction of sp³-hybridized carbons (Fsp3) is 0.462. The van der Waals surface area contributed by atoms with Gasteiger partial charge in [0.1, 0.15) is 6.10 Å². The average molecular weight is 324 g/mol. The van der Waals surface area contributed by atoms with Gasteiger partial charge in [-0.05, 0) is 19.4 Å². The van der Waals surface area contributed by atoms with Crippen LogP contribution in [0.3, 0.4) is 0 Å². The molecule has 1 saturated heterocycles. The zero-order chi connectivity index (χ0) is 14.3. The predicted molar refractivity (Wildman–Crippen MR) is 74.2 cm³/mol. The molecule has 0 amide bonds. The van der Waals surface area contributed by atoms with Gasteiger partial charge in [-0.25, -0.2) is 0 Å².